The highest BCUT2D eigenvalue weighted by atomic mass is 35.5. The number of amides is 2. The number of carbonyl (C=O) groups excluding carboxylic acids is 2. The van der Waals surface area contributed by atoms with Gasteiger partial charge in [0.05, 0.1) is 20.6 Å². The minimum Gasteiger partial charge on any atom is -0.354 e. The van der Waals surface area contributed by atoms with Crippen LogP contribution in [0.25, 0.3) is 0 Å². The van der Waals surface area contributed by atoms with E-state index in [0.717, 1.165) is 33.8 Å². The van der Waals surface area contributed by atoms with Gasteiger partial charge < -0.3 is 10.2 Å². The van der Waals surface area contributed by atoms with Crippen molar-refractivity contribution in [3.05, 3.63) is 129 Å². The van der Waals surface area contributed by atoms with E-state index in [1.165, 1.54) is 17.0 Å². The lowest BCUT2D eigenvalue weighted by Crippen LogP contribution is -2.53. The molecule has 4 rings (SSSR count). The maximum Gasteiger partial charge on any atom is 0.264 e. The number of carbonyl (C=O) groups is 2. The molecule has 0 heterocycles. The zero-order valence-electron chi connectivity index (χ0n) is 26.2. The smallest absolute Gasteiger partial charge is 0.264 e. The van der Waals surface area contributed by atoms with Gasteiger partial charge in [0, 0.05) is 19.5 Å². The first-order valence-electron chi connectivity index (χ1n) is 15.2. The van der Waals surface area contributed by atoms with Crippen molar-refractivity contribution in [2.24, 2.45) is 0 Å². The largest absolute Gasteiger partial charge is 0.354 e. The van der Waals surface area contributed by atoms with Crippen molar-refractivity contribution in [2.75, 3.05) is 17.4 Å². The molecule has 1 atom stereocenters. The van der Waals surface area contributed by atoms with Crippen LogP contribution < -0.4 is 9.62 Å². The Bertz CT molecular complexity index is 1750. The van der Waals surface area contributed by atoms with Gasteiger partial charge in [-0.1, -0.05) is 97.2 Å². The van der Waals surface area contributed by atoms with Gasteiger partial charge in [0.2, 0.25) is 11.8 Å². The number of anilines is 1. The Morgan fingerprint density at radius 2 is 1.48 bits per heavy atom. The van der Waals surface area contributed by atoms with Gasteiger partial charge in [-0.05, 0) is 78.9 Å². The molecule has 0 aromatic heterocycles. The first-order valence-corrected chi connectivity index (χ1v) is 17.4. The molecule has 0 spiro atoms. The van der Waals surface area contributed by atoms with E-state index in [9.17, 15) is 18.0 Å². The van der Waals surface area contributed by atoms with E-state index in [-0.39, 0.29) is 23.8 Å². The monoisotopic (exact) mass is 679 g/mol. The van der Waals surface area contributed by atoms with E-state index in [0.29, 0.717) is 27.8 Å². The highest BCUT2D eigenvalue weighted by molar-refractivity contribution is 7.92. The van der Waals surface area contributed by atoms with Gasteiger partial charge in [-0.2, -0.15) is 0 Å². The highest BCUT2D eigenvalue weighted by Crippen LogP contribution is 2.28. The Morgan fingerprint density at radius 3 is 2.11 bits per heavy atom. The molecular formula is C36H39Cl2N3O4S. The van der Waals surface area contributed by atoms with Gasteiger partial charge in [-0.3, -0.25) is 13.9 Å². The fraction of sp³-hybridized carbons (Fsp3) is 0.278. The zero-order chi connectivity index (χ0) is 33.3. The first-order chi connectivity index (χ1) is 22.0. The maximum atomic E-state index is 14.6. The van der Waals surface area contributed by atoms with E-state index in [2.05, 4.69) is 5.32 Å². The number of hydrogen-bond acceptors (Lipinski definition) is 4. The Kier molecular flexibility index (Phi) is 12.3. The van der Waals surface area contributed by atoms with Crippen LogP contribution in [-0.4, -0.2) is 44.3 Å². The molecule has 4 aromatic carbocycles. The molecule has 46 heavy (non-hydrogen) atoms. The van der Waals surface area contributed by atoms with Crippen LogP contribution in [0.5, 0.6) is 0 Å². The van der Waals surface area contributed by atoms with Gasteiger partial charge in [0.1, 0.15) is 12.6 Å². The molecule has 10 heteroatoms. The molecule has 0 aliphatic rings. The lowest BCUT2D eigenvalue weighted by molar-refractivity contribution is -0.140. The molecule has 0 fully saturated rings. The number of sulfonamides is 1. The molecule has 0 aliphatic carbocycles. The minimum absolute atomic E-state index is 0.000566. The Balaban J connectivity index is 1.81. The SMILES string of the molecule is CCCCNC(=O)[C@H](Cc1ccccc1)N(Cc1ccc(Cl)c(Cl)c1)C(=O)CN(c1ccc(C)c(C)c1)S(=O)(=O)c1ccccc1. The Morgan fingerprint density at radius 1 is 0.804 bits per heavy atom. The average Bonchev–Trinajstić information content (AvgIpc) is 3.05. The van der Waals surface area contributed by atoms with Crippen LogP contribution in [-0.2, 0) is 32.6 Å². The molecule has 0 unspecified atom stereocenters. The second-order valence-electron chi connectivity index (χ2n) is 11.2. The minimum atomic E-state index is -4.17. The lowest BCUT2D eigenvalue weighted by atomic mass is 10.0. The maximum absolute atomic E-state index is 14.6. The van der Waals surface area contributed by atoms with Crippen LogP contribution in [0.15, 0.2) is 102 Å². The van der Waals surface area contributed by atoms with E-state index in [1.807, 2.05) is 57.2 Å². The third kappa shape index (κ3) is 8.90. The van der Waals surface area contributed by atoms with Gasteiger partial charge in [-0.15, -0.1) is 0 Å². The molecule has 0 saturated heterocycles. The number of benzene rings is 4. The van der Waals surface area contributed by atoms with E-state index < -0.39 is 28.5 Å². The van der Waals surface area contributed by atoms with Crippen LogP contribution in [0.2, 0.25) is 10.0 Å². The molecular weight excluding hydrogens is 641 g/mol. The standard InChI is InChI=1S/C36H39Cl2N3O4S/c1-4-5-20-39-36(43)34(23-28-12-8-6-9-13-28)40(24-29-17-19-32(37)33(38)22-29)35(42)25-41(30-18-16-26(2)27(3)21-30)46(44,45)31-14-10-7-11-15-31/h6-19,21-22,34H,4-5,20,23-25H2,1-3H3,(H,39,43)/t34-/m0/s1. The highest BCUT2D eigenvalue weighted by Gasteiger charge is 2.34. The molecule has 0 bridgehead atoms. The number of rotatable bonds is 14. The molecule has 0 radical (unpaired) electrons. The topological polar surface area (TPSA) is 86.8 Å². The van der Waals surface area contributed by atoms with E-state index in [1.54, 1.807) is 48.5 Å². The van der Waals surface area contributed by atoms with Crippen molar-refractivity contribution in [1.29, 1.82) is 0 Å². The summed E-state index contributed by atoms with van der Waals surface area (Å²) < 4.78 is 29.4. The van der Waals surface area contributed by atoms with Crippen molar-refractivity contribution in [1.82, 2.24) is 10.2 Å². The van der Waals surface area contributed by atoms with E-state index >= 15 is 0 Å². The molecule has 242 valence electrons. The average molecular weight is 681 g/mol. The van der Waals surface area contributed by atoms with Crippen molar-refractivity contribution in [3.8, 4) is 0 Å². The predicted octanol–water partition coefficient (Wildman–Crippen LogP) is 7.36. The van der Waals surface area contributed by atoms with Gasteiger partial charge in [0.25, 0.3) is 10.0 Å². The van der Waals surface area contributed by atoms with Crippen molar-refractivity contribution in [3.63, 3.8) is 0 Å². The molecule has 1 N–H and O–H groups in total. The number of unbranched alkanes of at least 4 members (excludes halogenated alkanes) is 1. The first kappa shape index (κ1) is 35.0. The molecule has 0 aliphatic heterocycles. The Hall–Kier alpha value is -3.85. The summed E-state index contributed by atoms with van der Waals surface area (Å²) in [6, 6.07) is 26.8. The van der Waals surface area contributed by atoms with Crippen LogP contribution >= 0.6 is 23.2 Å². The Labute approximate surface area is 282 Å². The summed E-state index contributed by atoms with van der Waals surface area (Å²) in [5.74, 6) is -0.871. The fourth-order valence-corrected chi connectivity index (χ4v) is 6.77. The van der Waals surface area contributed by atoms with Gasteiger partial charge in [-0.25, -0.2) is 8.42 Å². The lowest BCUT2D eigenvalue weighted by Gasteiger charge is -2.34. The third-order valence-electron chi connectivity index (χ3n) is 7.83. The third-order valence-corrected chi connectivity index (χ3v) is 10.4. The molecule has 2 amide bonds. The molecule has 7 nitrogen and oxygen atoms in total. The fourth-order valence-electron chi connectivity index (χ4n) is 5.02. The number of aryl methyl sites for hydroxylation is 2. The summed E-state index contributed by atoms with van der Waals surface area (Å²) in [4.78, 5) is 29.9. The van der Waals surface area contributed by atoms with Crippen molar-refractivity contribution in [2.45, 2.75) is 57.5 Å². The second-order valence-corrected chi connectivity index (χ2v) is 13.9. The summed E-state index contributed by atoms with van der Waals surface area (Å²) in [6.45, 7) is 5.77. The zero-order valence-corrected chi connectivity index (χ0v) is 28.6. The van der Waals surface area contributed by atoms with Crippen LogP contribution in [0.3, 0.4) is 0 Å². The van der Waals surface area contributed by atoms with Gasteiger partial charge >= 0.3 is 0 Å². The predicted molar refractivity (Wildman–Crippen MR) is 186 cm³/mol. The quantitative estimate of drug-likeness (QED) is 0.141. The number of hydrogen-bond donors (Lipinski definition) is 1. The second kappa shape index (κ2) is 16.1. The van der Waals surface area contributed by atoms with Crippen molar-refractivity contribution >= 4 is 50.7 Å². The summed E-state index contributed by atoms with van der Waals surface area (Å²) in [5.41, 5.74) is 3.71. The van der Waals surface area contributed by atoms with E-state index in [4.69, 9.17) is 23.2 Å². The van der Waals surface area contributed by atoms with Crippen molar-refractivity contribution < 1.29 is 18.0 Å². The van der Waals surface area contributed by atoms with Crippen LogP contribution in [0, 0.1) is 13.8 Å². The summed E-state index contributed by atoms with van der Waals surface area (Å²) in [7, 11) is -4.17. The number of nitrogens with zero attached hydrogens (tertiary/aromatic N) is 2. The van der Waals surface area contributed by atoms with Crippen LogP contribution in [0.4, 0.5) is 5.69 Å². The number of nitrogens with one attached hydrogen (secondary N) is 1. The van der Waals surface area contributed by atoms with Crippen LogP contribution in [0.1, 0.15) is 42.0 Å². The molecule has 0 saturated carbocycles. The molecule has 4 aromatic rings. The normalized spacial score (nSPS) is 11.9. The van der Waals surface area contributed by atoms with Gasteiger partial charge in [0.15, 0.2) is 0 Å². The summed E-state index contributed by atoms with van der Waals surface area (Å²) >= 11 is 12.5. The number of halogens is 2. The summed E-state index contributed by atoms with van der Waals surface area (Å²) in [5, 5.41) is 3.65. The summed E-state index contributed by atoms with van der Waals surface area (Å²) in [6.07, 6.45) is 1.89.